The summed E-state index contributed by atoms with van der Waals surface area (Å²) in [6.07, 6.45) is 0.924. The lowest BCUT2D eigenvalue weighted by Crippen LogP contribution is -2.44. The topological polar surface area (TPSA) is 53.1 Å². The average Bonchev–Trinajstić information content (AvgIpc) is 3.37. The van der Waals surface area contributed by atoms with Crippen molar-refractivity contribution in [3.05, 3.63) is 58.9 Å². The normalized spacial score (nSPS) is 26.9. The van der Waals surface area contributed by atoms with Crippen LogP contribution >= 0.6 is 11.6 Å². The Hall–Kier alpha value is -2.48. The molecule has 0 radical (unpaired) electrons. The molecule has 0 saturated carbocycles. The minimum absolute atomic E-state index is 0.0464. The fraction of sp³-hybridized carbons (Fsp3) is 0.333. The second-order valence-electron chi connectivity index (χ2n) is 7.48. The number of methoxy groups -OCH3 is 1. The molecule has 2 amide bonds. The molecule has 150 valence electrons. The maximum absolute atomic E-state index is 14.0. The number of fused-ring (bicyclic) bond motifs is 3. The number of hydrazine groups is 1. The fourth-order valence-corrected chi connectivity index (χ4v) is 4.91. The van der Waals surface area contributed by atoms with Crippen molar-refractivity contribution in [2.24, 2.45) is 5.92 Å². The lowest BCUT2D eigenvalue weighted by molar-refractivity contribution is -0.126. The standard InChI is InChI=1S/C21H19ClFN3O3/c1-29-14-6-3-12(4-7-14)18-17-19(25-10-2-9-24(18)25)21(28)26(20(17)27)13-5-8-15(22)16(23)11-13/h3-8,11,17-19H,2,9-10H2,1H3/t17-,18-,19+/m1/s1. The molecule has 2 aromatic carbocycles. The van der Waals surface area contributed by atoms with E-state index in [0.29, 0.717) is 0 Å². The molecule has 0 spiro atoms. The average molecular weight is 416 g/mol. The van der Waals surface area contributed by atoms with Crippen molar-refractivity contribution in [2.45, 2.75) is 18.5 Å². The Morgan fingerprint density at radius 2 is 1.69 bits per heavy atom. The number of anilines is 1. The highest BCUT2D eigenvalue weighted by Crippen LogP contribution is 2.49. The summed E-state index contributed by atoms with van der Waals surface area (Å²) in [6, 6.07) is 10.8. The number of halogens is 2. The molecule has 0 aliphatic carbocycles. The van der Waals surface area contributed by atoms with Gasteiger partial charge in [0.2, 0.25) is 5.91 Å². The first-order chi connectivity index (χ1) is 14.0. The first-order valence-electron chi connectivity index (χ1n) is 9.51. The third-order valence-corrected chi connectivity index (χ3v) is 6.33. The van der Waals surface area contributed by atoms with Crippen LogP contribution in [0.25, 0.3) is 0 Å². The Morgan fingerprint density at radius 1 is 1.00 bits per heavy atom. The molecule has 0 aromatic heterocycles. The van der Waals surface area contributed by atoms with Gasteiger partial charge in [-0.15, -0.1) is 0 Å². The van der Waals surface area contributed by atoms with Gasteiger partial charge in [-0.3, -0.25) is 9.59 Å². The lowest BCUT2D eigenvalue weighted by Gasteiger charge is -2.29. The van der Waals surface area contributed by atoms with Crippen LogP contribution < -0.4 is 9.64 Å². The summed E-state index contributed by atoms with van der Waals surface area (Å²) in [7, 11) is 1.60. The van der Waals surface area contributed by atoms with E-state index < -0.39 is 17.8 Å². The van der Waals surface area contributed by atoms with E-state index in [1.165, 1.54) is 12.1 Å². The Kier molecular flexibility index (Phi) is 4.34. The van der Waals surface area contributed by atoms with Gasteiger partial charge in [-0.2, -0.15) is 0 Å². The van der Waals surface area contributed by atoms with E-state index in [0.717, 1.165) is 41.8 Å². The number of carbonyl (C=O) groups excluding carboxylic acids is 2. The van der Waals surface area contributed by atoms with Crippen LogP contribution in [0.1, 0.15) is 18.0 Å². The van der Waals surface area contributed by atoms with Crippen LogP contribution in [0, 0.1) is 11.7 Å². The molecule has 3 fully saturated rings. The molecule has 0 unspecified atom stereocenters. The Balaban J connectivity index is 1.56. The second kappa shape index (κ2) is 6.79. The first-order valence-corrected chi connectivity index (χ1v) is 9.89. The first kappa shape index (κ1) is 18.5. The summed E-state index contributed by atoms with van der Waals surface area (Å²) in [5.41, 5.74) is 1.17. The summed E-state index contributed by atoms with van der Waals surface area (Å²) in [5.74, 6) is -1.10. The second-order valence-corrected chi connectivity index (χ2v) is 7.89. The summed E-state index contributed by atoms with van der Waals surface area (Å²) < 4.78 is 19.2. The van der Waals surface area contributed by atoms with Gasteiger partial charge in [0.15, 0.2) is 0 Å². The minimum atomic E-state index is -0.656. The third kappa shape index (κ3) is 2.68. The smallest absolute Gasteiger partial charge is 0.253 e. The number of amides is 2. The van der Waals surface area contributed by atoms with Crippen molar-refractivity contribution >= 4 is 29.1 Å². The van der Waals surface area contributed by atoms with Crippen molar-refractivity contribution in [2.75, 3.05) is 25.1 Å². The Bertz CT molecular complexity index is 999. The van der Waals surface area contributed by atoms with E-state index in [-0.39, 0.29) is 28.6 Å². The Morgan fingerprint density at radius 3 is 2.34 bits per heavy atom. The quantitative estimate of drug-likeness (QED) is 0.721. The number of hydrogen-bond acceptors (Lipinski definition) is 5. The zero-order valence-electron chi connectivity index (χ0n) is 15.7. The summed E-state index contributed by atoms with van der Waals surface area (Å²) in [4.78, 5) is 27.8. The molecule has 3 aliphatic heterocycles. The van der Waals surface area contributed by atoms with E-state index in [1.54, 1.807) is 7.11 Å². The van der Waals surface area contributed by atoms with Crippen LogP contribution in [0.4, 0.5) is 10.1 Å². The van der Waals surface area contributed by atoms with Crippen LogP contribution in [0.2, 0.25) is 5.02 Å². The predicted molar refractivity (Wildman–Crippen MR) is 105 cm³/mol. The van der Waals surface area contributed by atoms with Crippen LogP contribution in [-0.2, 0) is 9.59 Å². The van der Waals surface area contributed by atoms with E-state index in [2.05, 4.69) is 5.01 Å². The van der Waals surface area contributed by atoms with Crippen molar-refractivity contribution in [1.29, 1.82) is 0 Å². The van der Waals surface area contributed by atoms with Crippen molar-refractivity contribution in [1.82, 2.24) is 10.0 Å². The van der Waals surface area contributed by atoms with Crippen molar-refractivity contribution in [3.63, 3.8) is 0 Å². The summed E-state index contributed by atoms with van der Waals surface area (Å²) in [5, 5.41) is 4.09. The van der Waals surface area contributed by atoms with E-state index in [1.807, 2.05) is 29.3 Å². The van der Waals surface area contributed by atoms with Crippen molar-refractivity contribution in [3.8, 4) is 5.75 Å². The highest BCUT2D eigenvalue weighted by Gasteiger charge is 2.62. The Labute approximate surface area is 172 Å². The molecule has 5 rings (SSSR count). The third-order valence-electron chi connectivity index (χ3n) is 6.02. The molecule has 3 saturated heterocycles. The minimum Gasteiger partial charge on any atom is -0.497 e. The highest BCUT2D eigenvalue weighted by molar-refractivity contribution is 6.31. The molecular weight excluding hydrogens is 397 g/mol. The van der Waals surface area contributed by atoms with Gasteiger partial charge in [-0.1, -0.05) is 23.7 Å². The number of ether oxygens (including phenoxy) is 1. The summed E-state index contributed by atoms with van der Waals surface area (Å²) >= 11 is 5.77. The van der Waals surface area contributed by atoms with Crippen LogP contribution in [0.15, 0.2) is 42.5 Å². The zero-order valence-corrected chi connectivity index (χ0v) is 16.5. The number of benzene rings is 2. The van der Waals surface area contributed by atoms with Gasteiger partial charge in [0.05, 0.1) is 29.8 Å². The maximum atomic E-state index is 14.0. The largest absolute Gasteiger partial charge is 0.497 e. The number of rotatable bonds is 3. The molecule has 6 nitrogen and oxygen atoms in total. The van der Waals surface area contributed by atoms with Gasteiger partial charge in [-0.25, -0.2) is 19.3 Å². The van der Waals surface area contributed by atoms with E-state index >= 15 is 0 Å². The predicted octanol–water partition coefficient (Wildman–Crippen LogP) is 3.02. The number of hydrogen-bond donors (Lipinski definition) is 0. The molecule has 29 heavy (non-hydrogen) atoms. The van der Waals surface area contributed by atoms with Crippen molar-refractivity contribution < 1.29 is 18.7 Å². The number of nitrogens with zero attached hydrogens (tertiary/aromatic N) is 3. The van der Waals surface area contributed by atoms with Gasteiger partial charge in [0, 0.05) is 13.1 Å². The van der Waals surface area contributed by atoms with Gasteiger partial charge >= 0.3 is 0 Å². The van der Waals surface area contributed by atoms with E-state index in [4.69, 9.17) is 16.3 Å². The number of carbonyl (C=O) groups is 2. The van der Waals surface area contributed by atoms with Gasteiger partial charge in [-0.05, 0) is 42.3 Å². The van der Waals surface area contributed by atoms with Crippen LogP contribution in [-0.4, -0.2) is 48.1 Å². The molecule has 3 aliphatic rings. The SMILES string of the molecule is COc1ccc([C@@H]2[C@H]3C(=O)N(c4ccc(Cl)c(F)c4)C(=O)[C@H]3N3CCCN23)cc1. The molecule has 8 heteroatoms. The highest BCUT2D eigenvalue weighted by atomic mass is 35.5. The monoisotopic (exact) mass is 415 g/mol. The molecule has 3 heterocycles. The number of imide groups is 1. The molecule has 2 aromatic rings. The van der Waals surface area contributed by atoms with Crippen LogP contribution in [0.5, 0.6) is 5.75 Å². The fourth-order valence-electron chi connectivity index (χ4n) is 4.79. The molecule has 3 atom stereocenters. The lowest BCUT2D eigenvalue weighted by atomic mass is 9.90. The molecule has 0 bridgehead atoms. The molecular formula is C21H19ClFN3O3. The van der Waals surface area contributed by atoms with Crippen LogP contribution in [0.3, 0.4) is 0 Å². The molecule has 0 N–H and O–H groups in total. The zero-order chi connectivity index (χ0) is 20.3. The van der Waals surface area contributed by atoms with Gasteiger partial charge in [0.25, 0.3) is 5.91 Å². The van der Waals surface area contributed by atoms with Gasteiger partial charge < -0.3 is 4.74 Å². The van der Waals surface area contributed by atoms with Gasteiger partial charge in [0.1, 0.15) is 17.6 Å². The maximum Gasteiger partial charge on any atom is 0.253 e. The van der Waals surface area contributed by atoms with E-state index in [9.17, 15) is 14.0 Å². The summed E-state index contributed by atoms with van der Waals surface area (Å²) in [6.45, 7) is 1.51.